The average Bonchev–Trinajstić information content (AvgIpc) is 2.60. The number of pyridine rings is 1. The van der Waals surface area contributed by atoms with Crippen LogP contribution in [0.2, 0.25) is 0 Å². The molecule has 0 aliphatic carbocycles. The first-order valence-corrected chi connectivity index (χ1v) is 7.27. The highest BCUT2D eigenvalue weighted by atomic mass is 19.2. The van der Waals surface area contributed by atoms with E-state index >= 15 is 0 Å². The van der Waals surface area contributed by atoms with Gasteiger partial charge in [0, 0.05) is 23.6 Å². The van der Waals surface area contributed by atoms with E-state index in [9.17, 15) is 18.0 Å². The molecule has 126 valence electrons. The smallest absolute Gasteiger partial charge is 0.274 e. The van der Waals surface area contributed by atoms with Crippen LogP contribution in [0.5, 0.6) is 0 Å². The lowest BCUT2D eigenvalue weighted by atomic mass is 10.2. The van der Waals surface area contributed by atoms with E-state index in [1.54, 1.807) is 12.1 Å². The van der Waals surface area contributed by atoms with Crippen LogP contribution < -0.4 is 10.6 Å². The Hall–Kier alpha value is -3.35. The van der Waals surface area contributed by atoms with E-state index in [0.29, 0.717) is 11.4 Å². The van der Waals surface area contributed by atoms with Crippen LogP contribution in [0.4, 0.5) is 30.2 Å². The van der Waals surface area contributed by atoms with Crippen molar-refractivity contribution in [3.63, 3.8) is 0 Å². The van der Waals surface area contributed by atoms with Crippen molar-refractivity contribution in [3.8, 4) is 0 Å². The highest BCUT2D eigenvalue weighted by Gasteiger charge is 2.11. The molecular weight excluding hydrogens is 331 g/mol. The molecule has 2 aromatic carbocycles. The third-order valence-electron chi connectivity index (χ3n) is 3.32. The molecule has 1 aromatic heterocycles. The van der Waals surface area contributed by atoms with E-state index in [0.717, 1.165) is 12.1 Å². The molecule has 0 saturated carbocycles. The lowest BCUT2D eigenvalue weighted by molar-refractivity contribution is 0.102. The molecule has 0 spiro atoms. The summed E-state index contributed by atoms with van der Waals surface area (Å²) in [6, 6.07) is 12.1. The highest BCUT2D eigenvalue weighted by molar-refractivity contribution is 6.03. The van der Waals surface area contributed by atoms with Crippen LogP contribution in [0, 0.1) is 17.5 Å². The van der Waals surface area contributed by atoms with E-state index < -0.39 is 23.4 Å². The number of benzene rings is 2. The molecule has 7 heteroatoms. The Morgan fingerprint density at radius 1 is 0.840 bits per heavy atom. The number of halogens is 3. The fraction of sp³-hybridized carbons (Fsp3) is 0. The quantitative estimate of drug-likeness (QED) is 0.734. The van der Waals surface area contributed by atoms with Crippen molar-refractivity contribution >= 4 is 23.0 Å². The minimum Gasteiger partial charge on any atom is -0.355 e. The monoisotopic (exact) mass is 343 g/mol. The molecular formula is C18H12F3N3O. The average molecular weight is 343 g/mol. The van der Waals surface area contributed by atoms with Crippen molar-refractivity contribution < 1.29 is 18.0 Å². The van der Waals surface area contributed by atoms with Crippen LogP contribution in [0.3, 0.4) is 0 Å². The van der Waals surface area contributed by atoms with Gasteiger partial charge in [-0.25, -0.2) is 13.2 Å². The summed E-state index contributed by atoms with van der Waals surface area (Å²) in [7, 11) is 0. The molecule has 1 amide bonds. The Morgan fingerprint density at radius 2 is 1.60 bits per heavy atom. The summed E-state index contributed by atoms with van der Waals surface area (Å²) in [6.07, 6.45) is 1.37. The number of nitrogens with one attached hydrogen (secondary N) is 2. The number of carbonyl (C=O) groups is 1. The first kappa shape index (κ1) is 16.5. The molecule has 2 N–H and O–H groups in total. The maximum atomic E-state index is 13.6. The summed E-state index contributed by atoms with van der Waals surface area (Å²) in [6.45, 7) is 0. The second-order valence-electron chi connectivity index (χ2n) is 5.12. The Labute approximate surface area is 141 Å². The summed E-state index contributed by atoms with van der Waals surface area (Å²) in [5.74, 6) is -3.10. The van der Waals surface area contributed by atoms with E-state index in [2.05, 4.69) is 15.6 Å². The van der Waals surface area contributed by atoms with E-state index in [1.165, 1.54) is 36.5 Å². The summed E-state index contributed by atoms with van der Waals surface area (Å²) < 4.78 is 39.8. The zero-order chi connectivity index (χ0) is 17.8. The SMILES string of the molecule is O=C(Nc1ccccc1F)c1cc(Nc2ccc(F)c(F)c2)ccn1. The summed E-state index contributed by atoms with van der Waals surface area (Å²) in [4.78, 5) is 16.1. The van der Waals surface area contributed by atoms with Gasteiger partial charge >= 0.3 is 0 Å². The largest absolute Gasteiger partial charge is 0.355 e. The molecule has 0 atom stereocenters. The first-order valence-electron chi connectivity index (χ1n) is 7.27. The van der Waals surface area contributed by atoms with Gasteiger partial charge in [-0.05, 0) is 36.4 Å². The molecule has 0 fully saturated rings. The van der Waals surface area contributed by atoms with Crippen LogP contribution in [0.1, 0.15) is 10.5 Å². The van der Waals surface area contributed by atoms with E-state index in [1.807, 2.05) is 0 Å². The Morgan fingerprint density at radius 3 is 2.36 bits per heavy atom. The van der Waals surface area contributed by atoms with Crippen molar-refractivity contribution in [1.82, 2.24) is 4.98 Å². The normalized spacial score (nSPS) is 10.4. The minimum absolute atomic E-state index is 0.0354. The van der Waals surface area contributed by atoms with E-state index in [-0.39, 0.29) is 11.4 Å². The number of nitrogens with zero attached hydrogens (tertiary/aromatic N) is 1. The standard InChI is InChI=1S/C18H12F3N3O/c19-13-6-5-11(9-15(13)21)23-12-7-8-22-17(10-12)18(25)24-16-4-2-1-3-14(16)20/h1-10H,(H,22,23)(H,24,25). The van der Waals surface area contributed by atoms with Crippen molar-refractivity contribution in [2.45, 2.75) is 0 Å². The molecule has 1 heterocycles. The predicted molar refractivity (Wildman–Crippen MR) is 88.2 cm³/mol. The molecule has 25 heavy (non-hydrogen) atoms. The van der Waals surface area contributed by atoms with Crippen molar-refractivity contribution in [1.29, 1.82) is 0 Å². The number of para-hydroxylation sites is 1. The molecule has 3 aromatic rings. The summed E-state index contributed by atoms with van der Waals surface area (Å²) in [5, 5.41) is 5.26. The molecule has 3 rings (SSSR count). The van der Waals surface area contributed by atoms with Gasteiger partial charge in [-0.2, -0.15) is 0 Å². The second-order valence-corrected chi connectivity index (χ2v) is 5.12. The lowest BCUT2D eigenvalue weighted by Crippen LogP contribution is -2.14. The van der Waals surface area contributed by atoms with Gasteiger partial charge in [-0.1, -0.05) is 12.1 Å². The van der Waals surface area contributed by atoms with E-state index in [4.69, 9.17) is 0 Å². The maximum Gasteiger partial charge on any atom is 0.274 e. The number of aromatic nitrogens is 1. The van der Waals surface area contributed by atoms with Crippen molar-refractivity contribution in [2.75, 3.05) is 10.6 Å². The third-order valence-corrected chi connectivity index (χ3v) is 3.32. The Balaban J connectivity index is 1.77. The van der Waals surface area contributed by atoms with Crippen LogP contribution in [0.15, 0.2) is 60.8 Å². The van der Waals surface area contributed by atoms with Gasteiger partial charge in [-0.3, -0.25) is 9.78 Å². The fourth-order valence-corrected chi connectivity index (χ4v) is 2.12. The molecule has 4 nitrogen and oxygen atoms in total. The summed E-state index contributed by atoms with van der Waals surface area (Å²) in [5.41, 5.74) is 0.828. The predicted octanol–water partition coefficient (Wildman–Crippen LogP) is 4.49. The Bertz CT molecular complexity index is 931. The number of hydrogen-bond acceptors (Lipinski definition) is 3. The van der Waals surface area contributed by atoms with Gasteiger partial charge in [0.1, 0.15) is 11.5 Å². The number of hydrogen-bond donors (Lipinski definition) is 2. The van der Waals surface area contributed by atoms with Crippen LogP contribution in [-0.4, -0.2) is 10.9 Å². The molecule has 0 radical (unpaired) electrons. The van der Waals surface area contributed by atoms with Crippen LogP contribution in [0.25, 0.3) is 0 Å². The molecule has 0 aliphatic rings. The van der Waals surface area contributed by atoms with Crippen LogP contribution in [-0.2, 0) is 0 Å². The second kappa shape index (κ2) is 7.04. The third kappa shape index (κ3) is 3.95. The van der Waals surface area contributed by atoms with Gasteiger partial charge in [-0.15, -0.1) is 0 Å². The van der Waals surface area contributed by atoms with Gasteiger partial charge in [0.15, 0.2) is 11.6 Å². The summed E-state index contributed by atoms with van der Waals surface area (Å²) >= 11 is 0. The Kier molecular flexibility index (Phi) is 4.65. The number of anilines is 3. The molecule has 0 aliphatic heterocycles. The maximum absolute atomic E-state index is 13.6. The number of carbonyl (C=O) groups excluding carboxylic acids is 1. The lowest BCUT2D eigenvalue weighted by Gasteiger charge is -2.09. The van der Waals surface area contributed by atoms with Gasteiger partial charge < -0.3 is 10.6 Å². The molecule has 0 unspecified atom stereocenters. The number of rotatable bonds is 4. The van der Waals surface area contributed by atoms with Crippen molar-refractivity contribution in [3.05, 3.63) is 83.9 Å². The molecule has 0 bridgehead atoms. The van der Waals surface area contributed by atoms with Crippen molar-refractivity contribution in [2.24, 2.45) is 0 Å². The minimum atomic E-state index is -0.989. The van der Waals surface area contributed by atoms with Gasteiger partial charge in [0.25, 0.3) is 5.91 Å². The zero-order valence-corrected chi connectivity index (χ0v) is 12.8. The van der Waals surface area contributed by atoms with Gasteiger partial charge in [0.05, 0.1) is 5.69 Å². The highest BCUT2D eigenvalue weighted by Crippen LogP contribution is 2.20. The fourth-order valence-electron chi connectivity index (χ4n) is 2.12. The van der Waals surface area contributed by atoms with Gasteiger partial charge in [0.2, 0.25) is 0 Å². The van der Waals surface area contributed by atoms with Crippen LogP contribution >= 0.6 is 0 Å². The zero-order valence-electron chi connectivity index (χ0n) is 12.8. The topological polar surface area (TPSA) is 54.0 Å². The first-order chi connectivity index (χ1) is 12.0. The number of amides is 1. The molecule has 0 saturated heterocycles.